The first-order valence-electron chi connectivity index (χ1n) is 7.87. The number of carbonyl (C=O) groups is 1. The van der Waals surface area contributed by atoms with Crippen molar-refractivity contribution in [3.8, 4) is 17.6 Å². The second-order valence-corrected chi connectivity index (χ2v) is 5.60. The predicted molar refractivity (Wildman–Crippen MR) is 88.7 cm³/mol. The maximum Gasteiger partial charge on any atom is 0.261 e. The molecule has 0 aromatic heterocycles. The second kappa shape index (κ2) is 7.05. The van der Waals surface area contributed by atoms with Gasteiger partial charge in [-0.1, -0.05) is 30.3 Å². The quantitative estimate of drug-likeness (QED) is 0.939. The van der Waals surface area contributed by atoms with Crippen molar-refractivity contribution in [2.45, 2.75) is 25.5 Å². The maximum absolute atomic E-state index is 12.5. The van der Waals surface area contributed by atoms with Gasteiger partial charge < -0.3 is 14.8 Å². The first-order valence-corrected chi connectivity index (χ1v) is 7.87. The van der Waals surface area contributed by atoms with Crippen molar-refractivity contribution >= 4 is 5.91 Å². The lowest BCUT2D eigenvalue weighted by Gasteiger charge is -2.27. The largest absolute Gasteiger partial charge is 0.493 e. The van der Waals surface area contributed by atoms with Crippen LogP contribution in [0.1, 0.15) is 30.5 Å². The number of nitriles is 1. The van der Waals surface area contributed by atoms with Crippen molar-refractivity contribution in [3.05, 3.63) is 59.7 Å². The molecule has 5 heteroatoms. The fourth-order valence-corrected chi connectivity index (χ4v) is 2.69. The van der Waals surface area contributed by atoms with Crippen LogP contribution in [0.3, 0.4) is 0 Å². The number of hydrogen-bond donors (Lipinski definition) is 1. The SMILES string of the molecule is CC(Oc1ccccc1C#N)C(=O)NC1CCOc2ccccc21. The fraction of sp³-hybridized carbons (Fsp3) is 0.263. The molecule has 0 bridgehead atoms. The molecule has 2 aromatic carbocycles. The Morgan fingerprint density at radius 2 is 2.04 bits per heavy atom. The van der Waals surface area contributed by atoms with Crippen LogP contribution in [0.4, 0.5) is 0 Å². The maximum atomic E-state index is 12.5. The van der Waals surface area contributed by atoms with E-state index in [0.717, 1.165) is 11.3 Å². The van der Waals surface area contributed by atoms with E-state index in [1.807, 2.05) is 24.3 Å². The molecule has 1 heterocycles. The van der Waals surface area contributed by atoms with Crippen molar-refractivity contribution in [3.63, 3.8) is 0 Å². The highest BCUT2D eigenvalue weighted by atomic mass is 16.5. The lowest BCUT2D eigenvalue weighted by molar-refractivity contribution is -0.128. The van der Waals surface area contributed by atoms with Gasteiger partial charge in [0.05, 0.1) is 18.2 Å². The van der Waals surface area contributed by atoms with Crippen LogP contribution in [0.25, 0.3) is 0 Å². The average molecular weight is 322 g/mol. The number of ether oxygens (including phenoxy) is 2. The van der Waals surface area contributed by atoms with Gasteiger partial charge >= 0.3 is 0 Å². The molecule has 0 aliphatic carbocycles. The van der Waals surface area contributed by atoms with Crippen LogP contribution in [0.15, 0.2) is 48.5 Å². The number of hydrogen-bond acceptors (Lipinski definition) is 4. The summed E-state index contributed by atoms with van der Waals surface area (Å²) in [5.74, 6) is 0.997. The van der Waals surface area contributed by atoms with Crippen LogP contribution in [0.2, 0.25) is 0 Å². The number of carbonyl (C=O) groups excluding carboxylic acids is 1. The van der Waals surface area contributed by atoms with E-state index in [9.17, 15) is 4.79 Å². The Labute approximate surface area is 140 Å². The normalized spacial score (nSPS) is 16.9. The molecule has 0 saturated heterocycles. The number of benzene rings is 2. The van der Waals surface area contributed by atoms with E-state index >= 15 is 0 Å². The van der Waals surface area contributed by atoms with Crippen LogP contribution < -0.4 is 14.8 Å². The summed E-state index contributed by atoms with van der Waals surface area (Å²) in [5.41, 5.74) is 1.38. The van der Waals surface area contributed by atoms with Gasteiger partial charge in [-0.05, 0) is 25.1 Å². The Kier molecular flexibility index (Phi) is 4.66. The van der Waals surface area contributed by atoms with Gasteiger partial charge in [-0.2, -0.15) is 5.26 Å². The van der Waals surface area contributed by atoms with Crippen LogP contribution >= 0.6 is 0 Å². The van der Waals surface area contributed by atoms with E-state index < -0.39 is 6.10 Å². The molecule has 1 amide bonds. The van der Waals surface area contributed by atoms with Gasteiger partial charge in [0, 0.05) is 12.0 Å². The number of rotatable bonds is 4. The van der Waals surface area contributed by atoms with Crippen LogP contribution in [0.5, 0.6) is 11.5 Å². The van der Waals surface area contributed by atoms with Crippen LogP contribution in [-0.2, 0) is 4.79 Å². The molecular formula is C19H18N2O3. The van der Waals surface area contributed by atoms with E-state index in [1.165, 1.54) is 0 Å². The molecule has 24 heavy (non-hydrogen) atoms. The van der Waals surface area contributed by atoms with Crippen LogP contribution in [-0.4, -0.2) is 18.6 Å². The molecule has 1 N–H and O–H groups in total. The van der Waals surface area contributed by atoms with Gasteiger partial charge in [-0.25, -0.2) is 0 Å². The summed E-state index contributed by atoms with van der Waals surface area (Å²) < 4.78 is 11.3. The summed E-state index contributed by atoms with van der Waals surface area (Å²) in [5, 5.41) is 12.1. The van der Waals surface area contributed by atoms with E-state index in [2.05, 4.69) is 11.4 Å². The Morgan fingerprint density at radius 1 is 1.29 bits per heavy atom. The van der Waals surface area contributed by atoms with Crippen molar-refractivity contribution in [2.75, 3.05) is 6.61 Å². The molecule has 2 unspecified atom stereocenters. The Morgan fingerprint density at radius 3 is 2.88 bits per heavy atom. The van der Waals surface area contributed by atoms with E-state index in [4.69, 9.17) is 14.7 Å². The zero-order valence-electron chi connectivity index (χ0n) is 13.4. The van der Waals surface area contributed by atoms with E-state index in [-0.39, 0.29) is 11.9 Å². The van der Waals surface area contributed by atoms with Gasteiger partial charge in [0.1, 0.15) is 17.6 Å². The predicted octanol–water partition coefficient (Wildman–Crippen LogP) is 2.97. The third-order valence-corrected chi connectivity index (χ3v) is 3.96. The highest BCUT2D eigenvalue weighted by Gasteiger charge is 2.25. The molecular weight excluding hydrogens is 304 g/mol. The summed E-state index contributed by atoms with van der Waals surface area (Å²) in [4.78, 5) is 12.5. The Hall–Kier alpha value is -3.00. The first kappa shape index (κ1) is 15.9. The van der Waals surface area contributed by atoms with Gasteiger partial charge in [0.2, 0.25) is 0 Å². The summed E-state index contributed by atoms with van der Waals surface area (Å²) in [6.45, 7) is 2.24. The van der Waals surface area contributed by atoms with E-state index in [0.29, 0.717) is 24.3 Å². The number of nitrogens with zero attached hydrogens (tertiary/aromatic N) is 1. The highest BCUT2D eigenvalue weighted by molar-refractivity contribution is 5.81. The molecule has 0 spiro atoms. The van der Waals surface area contributed by atoms with Crippen LogP contribution in [0, 0.1) is 11.3 Å². The highest BCUT2D eigenvalue weighted by Crippen LogP contribution is 2.31. The summed E-state index contributed by atoms with van der Waals surface area (Å²) in [6, 6.07) is 16.5. The van der Waals surface area contributed by atoms with Gasteiger partial charge in [-0.15, -0.1) is 0 Å². The average Bonchev–Trinajstić information content (AvgIpc) is 2.62. The lowest BCUT2D eigenvalue weighted by atomic mass is 10.0. The van der Waals surface area contributed by atoms with Crippen molar-refractivity contribution < 1.29 is 14.3 Å². The van der Waals surface area contributed by atoms with Crippen molar-refractivity contribution in [2.24, 2.45) is 0 Å². The number of amides is 1. The minimum Gasteiger partial charge on any atom is -0.493 e. The standard InChI is InChI=1S/C19H18N2O3/c1-13(24-17-8-4-2-6-14(17)12-20)19(22)21-16-10-11-23-18-9-5-3-7-15(16)18/h2-9,13,16H,10-11H2,1H3,(H,21,22). The molecule has 3 rings (SSSR count). The van der Waals surface area contributed by atoms with Gasteiger partial charge in [0.25, 0.3) is 5.91 Å². The molecule has 122 valence electrons. The van der Waals surface area contributed by atoms with Crippen molar-refractivity contribution in [1.29, 1.82) is 5.26 Å². The third-order valence-electron chi connectivity index (χ3n) is 3.96. The monoisotopic (exact) mass is 322 g/mol. The Balaban J connectivity index is 1.68. The van der Waals surface area contributed by atoms with Crippen molar-refractivity contribution in [1.82, 2.24) is 5.32 Å². The minimum absolute atomic E-state index is 0.0975. The topological polar surface area (TPSA) is 71.3 Å². The minimum atomic E-state index is -0.700. The zero-order valence-corrected chi connectivity index (χ0v) is 13.4. The molecule has 0 saturated carbocycles. The van der Waals surface area contributed by atoms with Gasteiger partial charge in [-0.3, -0.25) is 4.79 Å². The smallest absolute Gasteiger partial charge is 0.261 e. The van der Waals surface area contributed by atoms with Gasteiger partial charge in [0.15, 0.2) is 6.10 Å². The second-order valence-electron chi connectivity index (χ2n) is 5.60. The summed E-state index contributed by atoms with van der Waals surface area (Å²) in [7, 11) is 0. The third kappa shape index (κ3) is 3.33. The number of para-hydroxylation sites is 2. The Bertz CT molecular complexity index is 782. The molecule has 0 fully saturated rings. The first-order chi connectivity index (χ1) is 11.7. The molecule has 2 atom stereocenters. The number of nitrogens with one attached hydrogen (secondary N) is 1. The molecule has 2 aromatic rings. The summed E-state index contributed by atoms with van der Waals surface area (Å²) in [6.07, 6.45) is 0.0130. The fourth-order valence-electron chi connectivity index (χ4n) is 2.69. The van der Waals surface area contributed by atoms with E-state index in [1.54, 1.807) is 31.2 Å². The molecule has 5 nitrogen and oxygen atoms in total. The lowest BCUT2D eigenvalue weighted by Crippen LogP contribution is -2.40. The molecule has 1 aliphatic rings. The zero-order chi connectivity index (χ0) is 16.9. The molecule has 1 aliphatic heterocycles. The summed E-state index contributed by atoms with van der Waals surface area (Å²) >= 11 is 0. The molecule has 0 radical (unpaired) electrons. The number of fused-ring (bicyclic) bond motifs is 1.